The van der Waals surface area contributed by atoms with Gasteiger partial charge in [0.2, 0.25) is 0 Å². The molecule has 17 heavy (non-hydrogen) atoms. The summed E-state index contributed by atoms with van der Waals surface area (Å²) in [5.41, 5.74) is 1.58. The molecule has 5 heteroatoms. The first-order valence-electron chi connectivity index (χ1n) is 4.94. The second kappa shape index (κ2) is 7.14. The molecule has 0 saturated heterocycles. The van der Waals surface area contributed by atoms with Crippen molar-refractivity contribution in [3.8, 4) is 12.3 Å². The van der Waals surface area contributed by atoms with Gasteiger partial charge in [0.15, 0.2) is 0 Å². The van der Waals surface area contributed by atoms with E-state index >= 15 is 0 Å². The smallest absolute Gasteiger partial charge is 0.420 e. The molecule has 0 radical (unpaired) electrons. The van der Waals surface area contributed by atoms with Crippen LogP contribution in [-0.4, -0.2) is 24.4 Å². The van der Waals surface area contributed by atoms with Gasteiger partial charge in [0.25, 0.3) is 0 Å². The molecular weight excluding hydrogens is 333 g/mol. The SMILES string of the molecule is C#CCOCCc1ccccc1N(I)C(=O)O. The molecule has 1 amide bonds. The molecule has 4 nitrogen and oxygen atoms in total. The Labute approximate surface area is 114 Å². The molecule has 0 unspecified atom stereocenters. The van der Waals surface area contributed by atoms with Crippen LogP contribution in [-0.2, 0) is 11.2 Å². The van der Waals surface area contributed by atoms with Crippen LogP contribution in [0.4, 0.5) is 10.5 Å². The Morgan fingerprint density at radius 3 is 2.88 bits per heavy atom. The Morgan fingerprint density at radius 2 is 2.24 bits per heavy atom. The second-order valence-electron chi connectivity index (χ2n) is 3.20. The minimum Gasteiger partial charge on any atom is -0.464 e. The zero-order valence-electron chi connectivity index (χ0n) is 9.10. The summed E-state index contributed by atoms with van der Waals surface area (Å²) in [5.74, 6) is 2.38. The van der Waals surface area contributed by atoms with Crippen LogP contribution in [0.3, 0.4) is 0 Å². The third-order valence-corrected chi connectivity index (χ3v) is 3.00. The third kappa shape index (κ3) is 4.24. The highest BCUT2D eigenvalue weighted by molar-refractivity contribution is 14.1. The molecule has 0 bridgehead atoms. The number of carboxylic acid groups (broad SMARTS) is 1. The van der Waals surface area contributed by atoms with Crippen LogP contribution in [0.15, 0.2) is 24.3 Å². The second-order valence-corrected chi connectivity index (χ2v) is 4.16. The molecule has 0 aromatic heterocycles. The minimum atomic E-state index is -0.998. The maximum absolute atomic E-state index is 10.9. The van der Waals surface area contributed by atoms with Crippen LogP contribution in [0.5, 0.6) is 0 Å². The van der Waals surface area contributed by atoms with E-state index in [0.717, 1.165) is 8.68 Å². The number of nitrogens with zero attached hydrogens (tertiary/aromatic N) is 1. The molecule has 0 aliphatic carbocycles. The number of terminal acetylenes is 1. The molecule has 1 aromatic carbocycles. The van der Waals surface area contributed by atoms with Crippen molar-refractivity contribution in [3.63, 3.8) is 0 Å². The van der Waals surface area contributed by atoms with E-state index in [4.69, 9.17) is 16.3 Å². The van der Waals surface area contributed by atoms with Crippen molar-refractivity contribution >= 4 is 34.6 Å². The predicted molar refractivity (Wildman–Crippen MR) is 74.3 cm³/mol. The van der Waals surface area contributed by atoms with Crippen molar-refractivity contribution in [2.24, 2.45) is 0 Å². The minimum absolute atomic E-state index is 0.273. The first-order valence-corrected chi connectivity index (χ1v) is 5.91. The third-order valence-electron chi connectivity index (χ3n) is 2.07. The van der Waals surface area contributed by atoms with Gasteiger partial charge in [0.05, 0.1) is 35.2 Å². The molecule has 0 fully saturated rings. The molecule has 0 spiro atoms. The van der Waals surface area contributed by atoms with Gasteiger partial charge in [0, 0.05) is 0 Å². The van der Waals surface area contributed by atoms with Gasteiger partial charge in [0.1, 0.15) is 6.61 Å². The summed E-state index contributed by atoms with van der Waals surface area (Å²) < 4.78 is 6.34. The van der Waals surface area contributed by atoms with Gasteiger partial charge in [-0.05, 0) is 18.1 Å². The first kappa shape index (κ1) is 13.8. The summed E-state index contributed by atoms with van der Waals surface area (Å²) in [6.07, 6.45) is 4.70. The van der Waals surface area contributed by atoms with E-state index in [1.54, 1.807) is 35.0 Å². The van der Waals surface area contributed by atoms with Crippen molar-refractivity contribution in [2.45, 2.75) is 6.42 Å². The summed E-state index contributed by atoms with van der Waals surface area (Å²) in [6.45, 7) is 0.750. The average Bonchev–Trinajstić information content (AvgIpc) is 2.34. The van der Waals surface area contributed by atoms with Gasteiger partial charge in [-0.15, -0.1) is 6.42 Å². The van der Waals surface area contributed by atoms with E-state index in [2.05, 4.69) is 5.92 Å². The van der Waals surface area contributed by atoms with Crippen molar-refractivity contribution in [2.75, 3.05) is 16.3 Å². The Bertz CT molecular complexity index is 428. The molecule has 90 valence electrons. The molecule has 1 N–H and O–H groups in total. The highest BCUT2D eigenvalue weighted by Crippen LogP contribution is 2.24. The molecule has 0 aliphatic heterocycles. The lowest BCUT2D eigenvalue weighted by Crippen LogP contribution is -2.18. The summed E-state index contributed by atoms with van der Waals surface area (Å²) in [5, 5.41) is 8.93. The first-order chi connectivity index (χ1) is 8.16. The highest BCUT2D eigenvalue weighted by Gasteiger charge is 2.13. The number of amides is 1. The number of ether oxygens (including phenoxy) is 1. The predicted octanol–water partition coefficient (Wildman–Crippen LogP) is 2.71. The molecule has 0 heterocycles. The van der Waals surface area contributed by atoms with Crippen molar-refractivity contribution in [1.29, 1.82) is 0 Å². The van der Waals surface area contributed by atoms with Gasteiger partial charge in [-0.2, -0.15) is 0 Å². The maximum atomic E-state index is 10.9. The van der Waals surface area contributed by atoms with Crippen molar-refractivity contribution in [1.82, 2.24) is 0 Å². The Morgan fingerprint density at radius 1 is 1.53 bits per heavy atom. The highest BCUT2D eigenvalue weighted by atomic mass is 127. The number of benzene rings is 1. The average molecular weight is 345 g/mol. The lowest BCUT2D eigenvalue weighted by molar-refractivity contribution is 0.170. The summed E-state index contributed by atoms with van der Waals surface area (Å²) >= 11 is 1.75. The van der Waals surface area contributed by atoms with Gasteiger partial charge >= 0.3 is 6.09 Å². The maximum Gasteiger partial charge on any atom is 0.420 e. The quantitative estimate of drug-likeness (QED) is 0.386. The number of anilines is 1. The topological polar surface area (TPSA) is 49.8 Å². The Kier molecular flexibility index (Phi) is 5.80. The van der Waals surface area contributed by atoms with E-state index in [1.807, 2.05) is 12.1 Å². The van der Waals surface area contributed by atoms with Gasteiger partial charge in [-0.25, -0.2) is 7.91 Å². The fourth-order valence-corrected chi connectivity index (χ4v) is 1.80. The Balaban J connectivity index is 2.71. The van der Waals surface area contributed by atoms with Crippen LogP contribution in [0.1, 0.15) is 5.56 Å². The Hall–Kier alpha value is -1.26. The van der Waals surface area contributed by atoms with Crippen molar-refractivity contribution < 1.29 is 14.6 Å². The van der Waals surface area contributed by atoms with Crippen LogP contribution in [0.2, 0.25) is 0 Å². The molecule has 1 rings (SSSR count). The number of halogens is 1. The zero-order valence-corrected chi connectivity index (χ0v) is 11.3. The summed E-state index contributed by atoms with van der Waals surface area (Å²) in [6, 6.07) is 7.31. The molecule has 0 aliphatic rings. The number of hydrogen-bond acceptors (Lipinski definition) is 2. The summed E-state index contributed by atoms with van der Waals surface area (Å²) in [4.78, 5) is 10.9. The van der Waals surface area contributed by atoms with Crippen LogP contribution >= 0.6 is 22.9 Å². The summed E-state index contributed by atoms with van der Waals surface area (Å²) in [7, 11) is 0. The van der Waals surface area contributed by atoms with E-state index < -0.39 is 6.09 Å². The zero-order chi connectivity index (χ0) is 12.7. The number of hydrogen-bond donors (Lipinski definition) is 1. The van der Waals surface area contributed by atoms with E-state index in [1.165, 1.54) is 0 Å². The molecular formula is C12H12INO3. The lowest BCUT2D eigenvalue weighted by Gasteiger charge is -2.15. The molecule has 0 atom stereocenters. The number of rotatable bonds is 5. The largest absolute Gasteiger partial charge is 0.464 e. The van der Waals surface area contributed by atoms with Crippen LogP contribution < -0.4 is 3.11 Å². The van der Waals surface area contributed by atoms with E-state index in [9.17, 15) is 4.79 Å². The number of carbonyl (C=O) groups is 1. The standard InChI is InChI=1S/C12H12INO3/c1-2-8-17-9-7-10-5-3-4-6-11(10)14(13)12(15)16/h1,3-6H,7-9H2,(H,15,16). The van der Waals surface area contributed by atoms with Gasteiger partial charge < -0.3 is 9.84 Å². The van der Waals surface area contributed by atoms with E-state index in [-0.39, 0.29) is 6.61 Å². The molecule has 0 saturated carbocycles. The fourth-order valence-electron chi connectivity index (χ4n) is 1.33. The van der Waals surface area contributed by atoms with Crippen molar-refractivity contribution in [3.05, 3.63) is 29.8 Å². The molecule has 1 aromatic rings. The van der Waals surface area contributed by atoms with Crippen LogP contribution in [0.25, 0.3) is 0 Å². The lowest BCUT2D eigenvalue weighted by atomic mass is 10.1. The number of para-hydroxylation sites is 1. The van der Waals surface area contributed by atoms with Crippen LogP contribution in [0, 0.1) is 12.3 Å². The van der Waals surface area contributed by atoms with E-state index in [0.29, 0.717) is 18.7 Å². The monoisotopic (exact) mass is 345 g/mol. The normalized spacial score (nSPS) is 9.65. The fraction of sp³-hybridized carbons (Fsp3) is 0.250. The van der Waals surface area contributed by atoms with Gasteiger partial charge in [-0.3, -0.25) is 0 Å². The van der Waals surface area contributed by atoms with Gasteiger partial charge in [-0.1, -0.05) is 24.1 Å².